The Morgan fingerprint density at radius 3 is 2.91 bits per heavy atom. The van der Waals surface area contributed by atoms with Gasteiger partial charge < -0.3 is 25.0 Å². The van der Waals surface area contributed by atoms with E-state index in [0.717, 1.165) is 56.8 Å². The molecule has 0 amide bonds. The van der Waals surface area contributed by atoms with Crippen molar-refractivity contribution in [3.05, 3.63) is 23.3 Å². The maximum absolute atomic E-state index is 12.9. The molecule has 7 heteroatoms. The van der Waals surface area contributed by atoms with Crippen LogP contribution in [0.1, 0.15) is 56.1 Å². The Morgan fingerprint density at radius 2 is 2.12 bits per heavy atom. The average molecular weight is 441 g/mol. The highest BCUT2D eigenvalue weighted by molar-refractivity contribution is 5.76. The van der Waals surface area contributed by atoms with Gasteiger partial charge in [0.05, 0.1) is 11.0 Å². The summed E-state index contributed by atoms with van der Waals surface area (Å²) in [5.74, 6) is 1.17. The molecule has 0 unspecified atom stereocenters. The van der Waals surface area contributed by atoms with Crippen LogP contribution in [-0.4, -0.2) is 70.6 Å². The van der Waals surface area contributed by atoms with Crippen LogP contribution in [0.2, 0.25) is 0 Å². The van der Waals surface area contributed by atoms with Crippen molar-refractivity contribution in [3.8, 4) is 11.5 Å². The van der Waals surface area contributed by atoms with Gasteiger partial charge in [0.25, 0.3) is 0 Å². The number of phenolic OH excluding ortho intramolecular Hbond substituents is 1. The summed E-state index contributed by atoms with van der Waals surface area (Å²) in [5.41, 5.74) is 0.573. The zero-order valence-corrected chi connectivity index (χ0v) is 18.4. The van der Waals surface area contributed by atoms with Crippen molar-refractivity contribution in [2.45, 2.75) is 86.7 Å². The van der Waals surface area contributed by atoms with E-state index in [2.05, 4.69) is 10.2 Å². The molecule has 3 aliphatic heterocycles. The monoisotopic (exact) mass is 440 g/mol. The van der Waals surface area contributed by atoms with E-state index in [-0.39, 0.29) is 23.8 Å². The second-order valence-corrected chi connectivity index (χ2v) is 11.0. The highest BCUT2D eigenvalue weighted by Crippen LogP contribution is 2.65. The maximum atomic E-state index is 12.9. The molecule has 3 N–H and O–H groups in total. The van der Waals surface area contributed by atoms with Crippen molar-refractivity contribution >= 4 is 5.97 Å². The number of ether oxygens (including phenoxy) is 2. The van der Waals surface area contributed by atoms with E-state index in [0.29, 0.717) is 18.6 Å². The van der Waals surface area contributed by atoms with Gasteiger partial charge in [0, 0.05) is 18.2 Å². The van der Waals surface area contributed by atoms with E-state index in [1.807, 2.05) is 6.07 Å². The van der Waals surface area contributed by atoms with Gasteiger partial charge in [0.1, 0.15) is 18.2 Å². The number of hydrogen-bond acceptors (Lipinski definition) is 7. The van der Waals surface area contributed by atoms with E-state index in [1.54, 1.807) is 6.07 Å². The molecule has 2 bridgehead atoms. The first-order chi connectivity index (χ1) is 15.5. The number of phenols is 1. The number of nitrogens with zero attached hydrogens (tertiary/aromatic N) is 1. The number of carbonyl (C=O) groups is 1. The minimum atomic E-state index is -0.939. The number of rotatable bonds is 4. The molecule has 6 aliphatic rings. The number of esters is 1. The van der Waals surface area contributed by atoms with Crippen LogP contribution in [0.15, 0.2) is 12.1 Å². The maximum Gasteiger partial charge on any atom is 0.323 e. The van der Waals surface area contributed by atoms with Crippen LogP contribution in [-0.2, 0) is 21.4 Å². The lowest BCUT2D eigenvalue weighted by Crippen LogP contribution is -2.77. The van der Waals surface area contributed by atoms with E-state index in [9.17, 15) is 15.0 Å². The minimum Gasteiger partial charge on any atom is -0.504 e. The van der Waals surface area contributed by atoms with Crippen LogP contribution in [0.3, 0.4) is 0 Å². The van der Waals surface area contributed by atoms with Gasteiger partial charge in [-0.1, -0.05) is 6.07 Å². The first-order valence-corrected chi connectivity index (χ1v) is 12.4. The van der Waals surface area contributed by atoms with E-state index in [1.165, 1.54) is 18.4 Å². The summed E-state index contributed by atoms with van der Waals surface area (Å²) in [6.45, 7) is 2.80. The molecule has 32 heavy (non-hydrogen) atoms. The van der Waals surface area contributed by atoms with Crippen molar-refractivity contribution < 1.29 is 24.5 Å². The molecule has 2 saturated heterocycles. The fourth-order valence-electron chi connectivity index (χ4n) is 7.67. The lowest BCUT2D eigenvalue weighted by Gasteiger charge is -2.64. The van der Waals surface area contributed by atoms with Gasteiger partial charge in [0.2, 0.25) is 0 Å². The van der Waals surface area contributed by atoms with Crippen LogP contribution in [0, 0.1) is 5.92 Å². The van der Waals surface area contributed by atoms with Crippen LogP contribution in [0.25, 0.3) is 0 Å². The number of carbonyl (C=O) groups excluding carboxylic acids is 1. The minimum absolute atomic E-state index is 0.0408. The third-order valence-electron chi connectivity index (χ3n) is 9.32. The van der Waals surface area contributed by atoms with E-state index >= 15 is 0 Å². The second-order valence-electron chi connectivity index (χ2n) is 11.0. The highest BCUT2D eigenvalue weighted by Gasteiger charge is 2.73. The molecule has 3 aliphatic carbocycles. The quantitative estimate of drug-likeness (QED) is 0.613. The Hall–Kier alpha value is -1.83. The molecular formula is C25H32N2O5. The van der Waals surface area contributed by atoms with Gasteiger partial charge in [-0.2, -0.15) is 0 Å². The van der Waals surface area contributed by atoms with E-state index < -0.39 is 23.2 Å². The summed E-state index contributed by atoms with van der Waals surface area (Å²) in [6.07, 6.45) is 6.20. The summed E-state index contributed by atoms with van der Waals surface area (Å²) < 4.78 is 12.5. The van der Waals surface area contributed by atoms with Crippen LogP contribution >= 0.6 is 0 Å². The van der Waals surface area contributed by atoms with E-state index in [4.69, 9.17) is 9.47 Å². The Labute approximate surface area is 188 Å². The molecule has 1 aromatic carbocycles. The van der Waals surface area contributed by atoms with Gasteiger partial charge >= 0.3 is 5.97 Å². The number of hydrogen-bond donors (Lipinski definition) is 3. The molecule has 7 rings (SSSR count). The highest BCUT2D eigenvalue weighted by atomic mass is 16.6. The zero-order chi connectivity index (χ0) is 21.7. The zero-order valence-electron chi connectivity index (χ0n) is 18.4. The first kappa shape index (κ1) is 19.6. The molecule has 3 heterocycles. The molecule has 2 saturated carbocycles. The Morgan fingerprint density at radius 1 is 1.25 bits per heavy atom. The van der Waals surface area contributed by atoms with Gasteiger partial charge in [-0.05, 0) is 82.0 Å². The molecule has 6 atom stereocenters. The average Bonchev–Trinajstić information content (AvgIpc) is 3.27. The fraction of sp³-hybridized carbons (Fsp3) is 0.720. The third kappa shape index (κ3) is 2.45. The Kier molecular flexibility index (Phi) is 4.05. The number of aliphatic hydroxyl groups is 1. The predicted molar refractivity (Wildman–Crippen MR) is 116 cm³/mol. The van der Waals surface area contributed by atoms with Crippen molar-refractivity contribution in [3.63, 3.8) is 0 Å². The number of piperidine rings is 1. The number of nitrogens with one attached hydrogen (secondary N) is 1. The molecule has 0 radical (unpaired) electrons. The number of aromatic hydroxyl groups is 1. The summed E-state index contributed by atoms with van der Waals surface area (Å²) in [4.78, 5) is 15.4. The topological polar surface area (TPSA) is 91.3 Å². The second kappa shape index (κ2) is 6.61. The molecular weight excluding hydrogens is 408 g/mol. The summed E-state index contributed by atoms with van der Waals surface area (Å²) >= 11 is 0. The van der Waals surface area contributed by atoms with Crippen molar-refractivity contribution in [1.29, 1.82) is 0 Å². The smallest absolute Gasteiger partial charge is 0.323 e. The van der Waals surface area contributed by atoms with Gasteiger partial charge in [0.15, 0.2) is 11.5 Å². The van der Waals surface area contributed by atoms with Crippen LogP contribution < -0.4 is 10.1 Å². The summed E-state index contributed by atoms with van der Waals surface area (Å²) in [6, 6.07) is 3.52. The lowest BCUT2D eigenvalue weighted by atomic mass is 9.48. The molecule has 7 nitrogen and oxygen atoms in total. The Balaban J connectivity index is 1.30. The summed E-state index contributed by atoms with van der Waals surface area (Å²) in [5, 5.41) is 26.3. The van der Waals surface area contributed by atoms with Crippen molar-refractivity contribution in [2.75, 3.05) is 19.6 Å². The van der Waals surface area contributed by atoms with Crippen molar-refractivity contribution in [1.82, 2.24) is 10.2 Å². The van der Waals surface area contributed by atoms with Crippen molar-refractivity contribution in [2.24, 2.45) is 5.92 Å². The SMILES string of the molecule is O=C(O[C@@H]1CC[C@@]2(O)[C@H]3Cc4ccc(O)c5c4[C@@]2(CCN3CC2CC2)[C@H]1O5)[C@@H]1CCCN1. The van der Waals surface area contributed by atoms with Crippen LogP contribution in [0.5, 0.6) is 11.5 Å². The number of likely N-dealkylation sites (tertiary alicyclic amines) is 1. The third-order valence-corrected chi connectivity index (χ3v) is 9.32. The van der Waals surface area contributed by atoms with Gasteiger partial charge in [-0.25, -0.2) is 0 Å². The summed E-state index contributed by atoms with van der Waals surface area (Å²) in [7, 11) is 0. The molecule has 4 fully saturated rings. The molecule has 1 spiro atoms. The van der Waals surface area contributed by atoms with Gasteiger partial charge in [-0.15, -0.1) is 0 Å². The molecule has 172 valence electrons. The predicted octanol–water partition coefficient (Wildman–Crippen LogP) is 1.62. The van der Waals surface area contributed by atoms with Crippen LogP contribution in [0.4, 0.5) is 0 Å². The number of benzene rings is 1. The molecule has 0 aromatic heterocycles. The Bertz CT molecular complexity index is 973. The first-order valence-electron chi connectivity index (χ1n) is 12.4. The van der Waals surface area contributed by atoms with Gasteiger partial charge in [-0.3, -0.25) is 9.69 Å². The lowest BCUT2D eigenvalue weighted by molar-refractivity contribution is -0.216. The molecule has 1 aromatic rings. The normalized spacial score (nSPS) is 41.8. The largest absolute Gasteiger partial charge is 0.504 e. The fourth-order valence-corrected chi connectivity index (χ4v) is 7.67. The standard InChI is InChI=1S/C25H32N2O5/c28-17-6-5-15-12-19-25(30)8-7-18(31-23(29)16-2-1-10-26-16)22-24(25,20(15)21(17)32-22)9-11-27(19)13-14-3-4-14/h5-6,14,16,18-19,22,26,28,30H,1-4,7-13H2/t16-,18+,19+,22-,24-,25+/m0/s1.